The molecule has 0 bridgehead atoms. The number of halogens is 2. The third kappa shape index (κ3) is 1.94. The number of rotatable bonds is 2. The lowest BCUT2D eigenvalue weighted by Gasteiger charge is -2.11. The van der Waals surface area contributed by atoms with E-state index in [1.807, 2.05) is 0 Å². The zero-order chi connectivity index (χ0) is 10.0. The van der Waals surface area contributed by atoms with Crippen LogP contribution in [0.25, 0.3) is 0 Å². The van der Waals surface area contributed by atoms with Gasteiger partial charge in [0.25, 0.3) is 0 Å². The van der Waals surface area contributed by atoms with E-state index in [1.54, 1.807) is 13.2 Å². The molecule has 1 aromatic rings. The first-order chi connectivity index (χ1) is 6.07. The molecule has 1 aromatic carbocycles. The zero-order valence-electron chi connectivity index (χ0n) is 7.34. The molecular weight excluding hydrogens is 194 g/mol. The van der Waals surface area contributed by atoms with E-state index in [-0.39, 0.29) is 16.6 Å². The van der Waals surface area contributed by atoms with E-state index >= 15 is 0 Å². The Morgan fingerprint density at radius 1 is 1.38 bits per heavy atom. The topological polar surface area (TPSA) is 20.2 Å². The van der Waals surface area contributed by atoms with E-state index in [1.165, 1.54) is 17.8 Å². The molecule has 0 aliphatic carbocycles. The van der Waals surface area contributed by atoms with Gasteiger partial charge in [-0.25, -0.2) is 8.78 Å². The summed E-state index contributed by atoms with van der Waals surface area (Å²) in [6.07, 6.45) is 1.77. The van der Waals surface area contributed by atoms with E-state index < -0.39 is 11.6 Å². The Morgan fingerprint density at radius 2 is 2.00 bits per heavy atom. The first-order valence-electron chi connectivity index (χ1n) is 3.77. The molecule has 13 heavy (non-hydrogen) atoms. The number of phenolic OH excluding ortho intramolecular Hbond substituents is 1. The number of thioether (sulfide) groups is 1. The SMILES string of the molecule is CSC(C)c1c(O)ccc(F)c1F. The maximum Gasteiger partial charge on any atom is 0.166 e. The molecule has 4 heteroatoms. The molecule has 0 aliphatic heterocycles. The molecule has 0 fully saturated rings. The lowest BCUT2D eigenvalue weighted by Crippen LogP contribution is -1.96. The van der Waals surface area contributed by atoms with Crippen LogP contribution in [0.15, 0.2) is 12.1 Å². The van der Waals surface area contributed by atoms with Gasteiger partial charge in [-0.3, -0.25) is 0 Å². The monoisotopic (exact) mass is 204 g/mol. The van der Waals surface area contributed by atoms with Crippen molar-refractivity contribution in [2.45, 2.75) is 12.2 Å². The molecule has 1 N–H and O–H groups in total. The van der Waals surface area contributed by atoms with Crippen LogP contribution in [0.4, 0.5) is 8.78 Å². The Kier molecular flexibility index (Phi) is 3.14. The van der Waals surface area contributed by atoms with Gasteiger partial charge in [-0.1, -0.05) is 0 Å². The Labute approximate surface area is 79.8 Å². The largest absolute Gasteiger partial charge is 0.508 e. The highest BCUT2D eigenvalue weighted by Crippen LogP contribution is 2.35. The summed E-state index contributed by atoms with van der Waals surface area (Å²) >= 11 is 1.35. The summed E-state index contributed by atoms with van der Waals surface area (Å²) in [6, 6.07) is 2.08. The fourth-order valence-corrected chi connectivity index (χ4v) is 1.52. The van der Waals surface area contributed by atoms with E-state index in [2.05, 4.69) is 0 Å². The van der Waals surface area contributed by atoms with Gasteiger partial charge in [0.05, 0.1) is 0 Å². The summed E-state index contributed by atoms with van der Waals surface area (Å²) in [5.74, 6) is -2.07. The minimum absolute atomic E-state index is 0.0347. The van der Waals surface area contributed by atoms with Gasteiger partial charge in [-0.15, -0.1) is 0 Å². The van der Waals surface area contributed by atoms with E-state index in [4.69, 9.17) is 0 Å². The molecule has 0 heterocycles. The average Bonchev–Trinajstić information content (AvgIpc) is 2.12. The second kappa shape index (κ2) is 3.96. The Hall–Kier alpha value is -0.770. The van der Waals surface area contributed by atoms with Crippen LogP contribution in [-0.4, -0.2) is 11.4 Å². The molecule has 0 aromatic heterocycles. The summed E-state index contributed by atoms with van der Waals surface area (Å²) in [5, 5.41) is 9.04. The van der Waals surface area contributed by atoms with Gasteiger partial charge < -0.3 is 5.11 Å². The van der Waals surface area contributed by atoms with Gasteiger partial charge in [0.2, 0.25) is 0 Å². The fourth-order valence-electron chi connectivity index (χ4n) is 1.06. The number of aromatic hydroxyl groups is 1. The number of hydrogen-bond donors (Lipinski definition) is 1. The zero-order valence-corrected chi connectivity index (χ0v) is 8.16. The molecule has 72 valence electrons. The van der Waals surface area contributed by atoms with E-state index in [0.29, 0.717) is 0 Å². The van der Waals surface area contributed by atoms with Crippen LogP contribution in [-0.2, 0) is 0 Å². The van der Waals surface area contributed by atoms with Gasteiger partial charge in [0.15, 0.2) is 11.6 Å². The molecule has 0 saturated heterocycles. The van der Waals surface area contributed by atoms with Crippen LogP contribution < -0.4 is 0 Å². The van der Waals surface area contributed by atoms with Gasteiger partial charge in [0.1, 0.15) is 5.75 Å². The Morgan fingerprint density at radius 3 is 2.54 bits per heavy atom. The quantitative estimate of drug-likeness (QED) is 0.798. The van der Waals surface area contributed by atoms with Crippen molar-refractivity contribution in [3.63, 3.8) is 0 Å². The number of phenols is 1. The van der Waals surface area contributed by atoms with Crippen LogP contribution in [0, 0.1) is 11.6 Å². The van der Waals surface area contributed by atoms with Crippen molar-refractivity contribution < 1.29 is 13.9 Å². The normalized spacial score (nSPS) is 12.9. The van der Waals surface area contributed by atoms with Gasteiger partial charge in [-0.2, -0.15) is 11.8 Å². The van der Waals surface area contributed by atoms with Crippen LogP contribution >= 0.6 is 11.8 Å². The second-order valence-corrected chi connectivity index (χ2v) is 3.85. The molecule has 0 amide bonds. The third-order valence-corrected chi connectivity index (χ3v) is 2.81. The molecule has 0 spiro atoms. The van der Waals surface area contributed by atoms with Crippen LogP contribution in [0.3, 0.4) is 0 Å². The maximum atomic E-state index is 13.2. The van der Waals surface area contributed by atoms with Crippen molar-refractivity contribution in [2.24, 2.45) is 0 Å². The van der Waals surface area contributed by atoms with Crippen molar-refractivity contribution in [2.75, 3.05) is 6.26 Å². The summed E-state index contributed by atoms with van der Waals surface area (Å²) < 4.78 is 25.9. The third-order valence-electron chi connectivity index (χ3n) is 1.87. The van der Waals surface area contributed by atoms with Crippen LogP contribution in [0.5, 0.6) is 5.75 Å². The van der Waals surface area contributed by atoms with Crippen molar-refractivity contribution >= 4 is 11.8 Å². The highest BCUT2D eigenvalue weighted by molar-refractivity contribution is 7.98. The number of benzene rings is 1. The molecule has 0 saturated carbocycles. The molecular formula is C9H10F2OS. The Balaban J connectivity index is 3.25. The van der Waals surface area contributed by atoms with Gasteiger partial charge in [0, 0.05) is 10.8 Å². The van der Waals surface area contributed by atoms with Crippen molar-refractivity contribution in [3.8, 4) is 5.75 Å². The summed E-state index contributed by atoms with van der Waals surface area (Å²) in [4.78, 5) is 0. The summed E-state index contributed by atoms with van der Waals surface area (Å²) in [5.41, 5.74) is 0.0347. The summed E-state index contributed by atoms with van der Waals surface area (Å²) in [6.45, 7) is 1.71. The first kappa shape index (κ1) is 10.3. The van der Waals surface area contributed by atoms with Crippen molar-refractivity contribution in [1.82, 2.24) is 0 Å². The lowest BCUT2D eigenvalue weighted by atomic mass is 10.1. The number of hydrogen-bond acceptors (Lipinski definition) is 2. The standard InChI is InChI=1S/C9H10F2OS/c1-5(13-2)8-7(12)4-3-6(10)9(8)11/h3-5,12H,1-2H3. The fraction of sp³-hybridized carbons (Fsp3) is 0.333. The lowest BCUT2D eigenvalue weighted by molar-refractivity contribution is 0.442. The minimum Gasteiger partial charge on any atom is -0.508 e. The molecule has 0 aliphatic rings. The minimum atomic E-state index is -0.957. The van der Waals surface area contributed by atoms with Crippen molar-refractivity contribution in [1.29, 1.82) is 0 Å². The van der Waals surface area contributed by atoms with Gasteiger partial charge >= 0.3 is 0 Å². The smallest absolute Gasteiger partial charge is 0.166 e. The Bertz CT molecular complexity index is 315. The highest BCUT2D eigenvalue weighted by Gasteiger charge is 2.17. The van der Waals surface area contributed by atoms with E-state index in [0.717, 1.165) is 6.07 Å². The van der Waals surface area contributed by atoms with Crippen molar-refractivity contribution in [3.05, 3.63) is 29.3 Å². The van der Waals surface area contributed by atoms with E-state index in [9.17, 15) is 13.9 Å². The molecule has 1 atom stereocenters. The molecule has 0 radical (unpaired) electrons. The van der Waals surface area contributed by atoms with Crippen LogP contribution in [0.2, 0.25) is 0 Å². The molecule has 1 unspecified atom stereocenters. The second-order valence-electron chi connectivity index (χ2n) is 2.67. The predicted molar refractivity (Wildman–Crippen MR) is 50.0 cm³/mol. The maximum absolute atomic E-state index is 13.2. The molecule has 1 nitrogen and oxygen atoms in total. The molecule has 1 rings (SSSR count). The van der Waals surface area contributed by atoms with Crippen LogP contribution in [0.1, 0.15) is 17.7 Å². The average molecular weight is 204 g/mol. The first-order valence-corrected chi connectivity index (χ1v) is 5.06. The predicted octanol–water partition coefficient (Wildman–Crippen LogP) is 3.09. The van der Waals surface area contributed by atoms with Gasteiger partial charge in [-0.05, 0) is 25.3 Å². The highest BCUT2D eigenvalue weighted by atomic mass is 32.2. The summed E-state index contributed by atoms with van der Waals surface area (Å²) in [7, 11) is 0.